The second-order valence-electron chi connectivity index (χ2n) is 8.78. The summed E-state index contributed by atoms with van der Waals surface area (Å²) in [6.45, 7) is 8.96. The number of anilines is 1. The van der Waals surface area contributed by atoms with Gasteiger partial charge in [0.2, 0.25) is 5.91 Å². The Morgan fingerprint density at radius 3 is 2.69 bits per heavy atom. The van der Waals surface area contributed by atoms with Gasteiger partial charge in [0.05, 0.1) is 24.8 Å². The standard InChI is InChI=1S/C22H32N4O3/c1-16(2)19-15-25(9-7-20(27)26(19)14-17-5-6-17)22(28)18-4-3-8-23-21(18)24-10-12-29-13-11-24/h3-4,8,16-17,19H,5-7,9-15H2,1-2H3. The fourth-order valence-corrected chi connectivity index (χ4v) is 4.31. The van der Waals surface area contributed by atoms with Crippen LogP contribution >= 0.6 is 0 Å². The maximum absolute atomic E-state index is 13.5. The number of rotatable bonds is 5. The first-order valence-electron chi connectivity index (χ1n) is 10.9. The van der Waals surface area contributed by atoms with Gasteiger partial charge in [0.15, 0.2) is 0 Å². The zero-order valence-electron chi connectivity index (χ0n) is 17.5. The molecule has 1 aromatic heterocycles. The molecule has 1 unspecified atom stereocenters. The average Bonchev–Trinajstić information content (AvgIpc) is 3.57. The van der Waals surface area contributed by atoms with Crippen molar-refractivity contribution in [3.63, 3.8) is 0 Å². The van der Waals surface area contributed by atoms with Crippen molar-refractivity contribution in [2.24, 2.45) is 11.8 Å². The van der Waals surface area contributed by atoms with E-state index in [-0.39, 0.29) is 17.9 Å². The third-order valence-electron chi connectivity index (χ3n) is 6.26. The Morgan fingerprint density at radius 2 is 2.00 bits per heavy atom. The van der Waals surface area contributed by atoms with Gasteiger partial charge in [-0.05, 0) is 36.8 Å². The summed E-state index contributed by atoms with van der Waals surface area (Å²) in [6.07, 6.45) is 4.57. The lowest BCUT2D eigenvalue weighted by atomic mass is 10.0. The molecular formula is C22H32N4O3. The van der Waals surface area contributed by atoms with Crippen LogP contribution in [0.5, 0.6) is 0 Å². The Balaban J connectivity index is 1.56. The van der Waals surface area contributed by atoms with Gasteiger partial charge in [-0.1, -0.05) is 13.8 Å². The molecule has 1 aliphatic carbocycles. The molecular weight excluding hydrogens is 368 g/mol. The number of hydrogen-bond acceptors (Lipinski definition) is 5. The maximum Gasteiger partial charge on any atom is 0.257 e. The highest BCUT2D eigenvalue weighted by Gasteiger charge is 2.37. The van der Waals surface area contributed by atoms with E-state index >= 15 is 0 Å². The van der Waals surface area contributed by atoms with Gasteiger partial charge in [0.1, 0.15) is 5.82 Å². The van der Waals surface area contributed by atoms with Crippen LogP contribution in [0.25, 0.3) is 0 Å². The van der Waals surface area contributed by atoms with E-state index in [0.29, 0.717) is 50.1 Å². The molecule has 2 aliphatic heterocycles. The summed E-state index contributed by atoms with van der Waals surface area (Å²) >= 11 is 0. The van der Waals surface area contributed by atoms with E-state index in [1.54, 1.807) is 6.20 Å². The van der Waals surface area contributed by atoms with E-state index in [1.807, 2.05) is 17.0 Å². The summed E-state index contributed by atoms with van der Waals surface area (Å²) in [5.41, 5.74) is 0.625. The predicted octanol–water partition coefficient (Wildman–Crippen LogP) is 2.03. The van der Waals surface area contributed by atoms with E-state index in [4.69, 9.17) is 4.74 Å². The smallest absolute Gasteiger partial charge is 0.257 e. The first-order chi connectivity index (χ1) is 14.0. The normalized spacial score (nSPS) is 23.5. The van der Waals surface area contributed by atoms with Gasteiger partial charge in [0.25, 0.3) is 5.91 Å². The molecule has 3 fully saturated rings. The molecule has 0 N–H and O–H groups in total. The van der Waals surface area contributed by atoms with Gasteiger partial charge < -0.3 is 19.4 Å². The number of pyridine rings is 1. The van der Waals surface area contributed by atoms with Crippen LogP contribution in [0.1, 0.15) is 43.5 Å². The van der Waals surface area contributed by atoms with E-state index in [1.165, 1.54) is 12.8 Å². The fourth-order valence-electron chi connectivity index (χ4n) is 4.31. The minimum atomic E-state index is -0.0219. The summed E-state index contributed by atoms with van der Waals surface area (Å²) in [4.78, 5) is 37.0. The van der Waals surface area contributed by atoms with Crippen molar-refractivity contribution in [2.75, 3.05) is 50.8 Å². The lowest BCUT2D eigenvalue weighted by Crippen LogP contribution is -2.48. The minimum Gasteiger partial charge on any atom is -0.378 e. The van der Waals surface area contributed by atoms with Crippen LogP contribution in [0.3, 0.4) is 0 Å². The van der Waals surface area contributed by atoms with Crippen molar-refractivity contribution >= 4 is 17.6 Å². The van der Waals surface area contributed by atoms with Crippen LogP contribution in [0.15, 0.2) is 18.3 Å². The SMILES string of the molecule is CC(C)C1CN(C(=O)c2cccnc2N2CCOCC2)CCC(=O)N1CC1CC1. The number of nitrogens with zero attached hydrogens (tertiary/aromatic N) is 4. The van der Waals surface area contributed by atoms with Crippen molar-refractivity contribution in [1.29, 1.82) is 0 Å². The Kier molecular flexibility index (Phi) is 6.04. The van der Waals surface area contributed by atoms with Crippen LogP contribution in [0, 0.1) is 11.8 Å². The molecule has 29 heavy (non-hydrogen) atoms. The lowest BCUT2D eigenvalue weighted by Gasteiger charge is -2.35. The fraction of sp³-hybridized carbons (Fsp3) is 0.682. The highest BCUT2D eigenvalue weighted by Crippen LogP contribution is 2.32. The largest absolute Gasteiger partial charge is 0.378 e. The molecule has 3 aliphatic rings. The molecule has 2 amide bonds. The average molecular weight is 401 g/mol. The van der Waals surface area contributed by atoms with E-state index in [9.17, 15) is 9.59 Å². The van der Waals surface area contributed by atoms with E-state index in [2.05, 4.69) is 28.6 Å². The van der Waals surface area contributed by atoms with Crippen molar-refractivity contribution in [3.8, 4) is 0 Å². The third-order valence-corrected chi connectivity index (χ3v) is 6.26. The van der Waals surface area contributed by atoms with Gasteiger partial charge in [-0.3, -0.25) is 9.59 Å². The zero-order valence-corrected chi connectivity index (χ0v) is 17.5. The summed E-state index contributed by atoms with van der Waals surface area (Å²) < 4.78 is 5.45. The topological polar surface area (TPSA) is 66.0 Å². The Hall–Kier alpha value is -2.15. The van der Waals surface area contributed by atoms with Gasteiger partial charge in [0, 0.05) is 45.3 Å². The quantitative estimate of drug-likeness (QED) is 0.757. The summed E-state index contributed by atoms with van der Waals surface area (Å²) in [5, 5.41) is 0. The lowest BCUT2D eigenvalue weighted by molar-refractivity contribution is -0.133. The van der Waals surface area contributed by atoms with Crippen LogP contribution < -0.4 is 4.90 Å². The number of aromatic nitrogens is 1. The minimum absolute atomic E-state index is 0.0219. The second kappa shape index (κ2) is 8.69. The number of amides is 2. The molecule has 0 radical (unpaired) electrons. The van der Waals surface area contributed by atoms with Crippen LogP contribution in [0.4, 0.5) is 5.82 Å². The predicted molar refractivity (Wildman–Crippen MR) is 111 cm³/mol. The molecule has 0 aromatic carbocycles. The molecule has 0 bridgehead atoms. The molecule has 3 heterocycles. The summed E-state index contributed by atoms with van der Waals surface area (Å²) in [5.74, 6) is 1.84. The number of morpholine rings is 1. The van der Waals surface area contributed by atoms with Crippen LogP contribution in [0.2, 0.25) is 0 Å². The Morgan fingerprint density at radius 1 is 1.24 bits per heavy atom. The summed E-state index contributed by atoms with van der Waals surface area (Å²) in [7, 11) is 0. The van der Waals surface area contributed by atoms with Crippen molar-refractivity contribution in [1.82, 2.24) is 14.8 Å². The van der Waals surface area contributed by atoms with Gasteiger partial charge in [-0.15, -0.1) is 0 Å². The first-order valence-corrected chi connectivity index (χ1v) is 10.9. The van der Waals surface area contributed by atoms with Crippen molar-refractivity contribution in [2.45, 2.75) is 39.2 Å². The summed E-state index contributed by atoms with van der Waals surface area (Å²) in [6, 6.07) is 3.75. The third kappa shape index (κ3) is 4.55. The molecule has 4 rings (SSSR count). The molecule has 7 heteroatoms. The Bertz CT molecular complexity index is 743. The maximum atomic E-state index is 13.5. The van der Waals surface area contributed by atoms with Crippen molar-refractivity contribution in [3.05, 3.63) is 23.9 Å². The zero-order chi connectivity index (χ0) is 20.4. The second-order valence-corrected chi connectivity index (χ2v) is 8.78. The number of carbonyl (C=O) groups is 2. The first kappa shape index (κ1) is 20.1. The van der Waals surface area contributed by atoms with E-state index in [0.717, 1.165) is 25.5 Å². The van der Waals surface area contributed by atoms with Crippen molar-refractivity contribution < 1.29 is 14.3 Å². The highest BCUT2D eigenvalue weighted by molar-refractivity contribution is 5.99. The molecule has 0 spiro atoms. The molecule has 7 nitrogen and oxygen atoms in total. The van der Waals surface area contributed by atoms with Crippen LogP contribution in [-0.2, 0) is 9.53 Å². The monoisotopic (exact) mass is 400 g/mol. The van der Waals surface area contributed by atoms with Gasteiger partial charge >= 0.3 is 0 Å². The number of hydrogen-bond donors (Lipinski definition) is 0. The molecule has 158 valence electrons. The molecule has 1 atom stereocenters. The van der Waals surface area contributed by atoms with Crippen LogP contribution in [-0.4, -0.2) is 78.6 Å². The van der Waals surface area contributed by atoms with Gasteiger partial charge in [-0.25, -0.2) is 4.98 Å². The number of ether oxygens (including phenoxy) is 1. The van der Waals surface area contributed by atoms with Gasteiger partial charge in [-0.2, -0.15) is 0 Å². The molecule has 1 aromatic rings. The van der Waals surface area contributed by atoms with E-state index < -0.39 is 0 Å². The highest BCUT2D eigenvalue weighted by atomic mass is 16.5. The molecule has 1 saturated carbocycles. The number of carbonyl (C=O) groups excluding carboxylic acids is 2. The molecule has 2 saturated heterocycles. The Labute approximate surface area is 173 Å².